The zero-order valence-electron chi connectivity index (χ0n) is 16.9. The highest BCUT2D eigenvalue weighted by Gasteiger charge is 2.26. The van der Waals surface area contributed by atoms with Gasteiger partial charge in [0.2, 0.25) is 11.8 Å². The first kappa shape index (κ1) is 20.1. The number of amides is 2. The van der Waals surface area contributed by atoms with Gasteiger partial charge in [0.15, 0.2) is 5.13 Å². The van der Waals surface area contributed by atoms with Crippen LogP contribution in [0.1, 0.15) is 24.0 Å². The summed E-state index contributed by atoms with van der Waals surface area (Å²) in [6, 6.07) is 13.7. The van der Waals surface area contributed by atoms with Crippen molar-refractivity contribution in [3.8, 4) is 17.0 Å². The van der Waals surface area contributed by atoms with E-state index in [1.165, 1.54) is 11.3 Å². The molecule has 0 bridgehead atoms. The van der Waals surface area contributed by atoms with Crippen LogP contribution in [-0.2, 0) is 16.0 Å². The van der Waals surface area contributed by atoms with Crippen LogP contribution < -0.4 is 15.4 Å². The number of carbonyl (C=O) groups excluding carboxylic acids is 2. The van der Waals surface area contributed by atoms with Crippen LogP contribution in [0.3, 0.4) is 0 Å². The van der Waals surface area contributed by atoms with Gasteiger partial charge >= 0.3 is 0 Å². The summed E-state index contributed by atoms with van der Waals surface area (Å²) < 4.78 is 5.43. The molecule has 0 aliphatic carbocycles. The SMILES string of the molecule is COc1ccc(C)cc1-c1csc(NC(=O)CCC2Cc3ccccc3NC2=O)n1. The van der Waals surface area contributed by atoms with Crippen molar-refractivity contribution in [3.63, 3.8) is 0 Å². The van der Waals surface area contributed by atoms with Gasteiger partial charge in [-0.3, -0.25) is 9.59 Å². The predicted octanol–water partition coefficient (Wildman–Crippen LogP) is 4.66. The molecule has 0 fully saturated rings. The van der Waals surface area contributed by atoms with E-state index in [0.29, 0.717) is 18.0 Å². The van der Waals surface area contributed by atoms with Gasteiger partial charge in [-0.2, -0.15) is 0 Å². The van der Waals surface area contributed by atoms with Gasteiger partial charge in [0.05, 0.1) is 12.8 Å². The molecule has 1 aliphatic rings. The molecule has 1 unspecified atom stereocenters. The lowest BCUT2D eigenvalue weighted by atomic mass is 9.89. The van der Waals surface area contributed by atoms with Crippen LogP contribution in [0.2, 0.25) is 0 Å². The first-order valence-corrected chi connectivity index (χ1v) is 10.7. The van der Waals surface area contributed by atoms with Crippen LogP contribution in [0, 0.1) is 12.8 Å². The Morgan fingerprint density at radius 2 is 2.13 bits per heavy atom. The molecule has 2 aromatic carbocycles. The number of nitrogens with zero attached hydrogens (tertiary/aromatic N) is 1. The summed E-state index contributed by atoms with van der Waals surface area (Å²) in [5.41, 5.74) is 4.74. The Kier molecular flexibility index (Phi) is 5.81. The smallest absolute Gasteiger partial charge is 0.227 e. The minimum Gasteiger partial charge on any atom is -0.496 e. The number of nitrogens with one attached hydrogen (secondary N) is 2. The molecule has 0 radical (unpaired) electrons. The number of benzene rings is 2. The van der Waals surface area contributed by atoms with Crippen LogP contribution in [0.15, 0.2) is 47.8 Å². The van der Waals surface area contributed by atoms with Crippen LogP contribution in [0.4, 0.5) is 10.8 Å². The molecular formula is C23H23N3O3S. The number of rotatable bonds is 6. The molecule has 30 heavy (non-hydrogen) atoms. The number of aromatic nitrogens is 1. The van der Waals surface area contributed by atoms with E-state index in [4.69, 9.17) is 4.74 Å². The second-order valence-electron chi connectivity index (χ2n) is 7.38. The van der Waals surface area contributed by atoms with Gasteiger partial charge in [-0.15, -0.1) is 11.3 Å². The zero-order chi connectivity index (χ0) is 21.1. The molecule has 1 aromatic heterocycles. The number of anilines is 2. The van der Waals surface area contributed by atoms with E-state index in [1.807, 2.05) is 54.8 Å². The Hall–Kier alpha value is -3.19. The van der Waals surface area contributed by atoms with Crippen LogP contribution >= 0.6 is 11.3 Å². The van der Waals surface area contributed by atoms with Crippen molar-refractivity contribution >= 4 is 34.0 Å². The molecule has 1 aliphatic heterocycles. The summed E-state index contributed by atoms with van der Waals surface area (Å²) in [4.78, 5) is 29.3. The van der Waals surface area contributed by atoms with E-state index < -0.39 is 0 Å². The number of hydrogen-bond acceptors (Lipinski definition) is 5. The van der Waals surface area contributed by atoms with Gasteiger partial charge in [-0.05, 0) is 43.5 Å². The second kappa shape index (κ2) is 8.67. The average molecular weight is 422 g/mol. The Bertz CT molecular complexity index is 1090. The summed E-state index contributed by atoms with van der Waals surface area (Å²) in [6.45, 7) is 2.01. The van der Waals surface area contributed by atoms with E-state index >= 15 is 0 Å². The molecule has 6 nitrogen and oxygen atoms in total. The molecule has 0 saturated carbocycles. The third kappa shape index (κ3) is 4.36. The fraction of sp³-hybridized carbons (Fsp3) is 0.261. The maximum absolute atomic E-state index is 12.4. The normalized spacial score (nSPS) is 15.3. The lowest BCUT2D eigenvalue weighted by Crippen LogP contribution is -2.30. The quantitative estimate of drug-likeness (QED) is 0.607. The van der Waals surface area contributed by atoms with Crippen molar-refractivity contribution in [1.29, 1.82) is 0 Å². The summed E-state index contributed by atoms with van der Waals surface area (Å²) >= 11 is 1.37. The van der Waals surface area contributed by atoms with Crippen LogP contribution in [-0.4, -0.2) is 23.9 Å². The van der Waals surface area contributed by atoms with Gasteiger partial charge in [-0.25, -0.2) is 4.98 Å². The van der Waals surface area contributed by atoms with Crippen molar-refractivity contribution < 1.29 is 14.3 Å². The van der Waals surface area contributed by atoms with E-state index in [2.05, 4.69) is 15.6 Å². The third-order valence-corrected chi connectivity index (χ3v) is 5.97. The van der Waals surface area contributed by atoms with Crippen molar-refractivity contribution in [2.45, 2.75) is 26.2 Å². The summed E-state index contributed by atoms with van der Waals surface area (Å²) in [5, 5.41) is 8.22. The Balaban J connectivity index is 1.37. The number of carbonyl (C=O) groups is 2. The minimum absolute atomic E-state index is 0.0235. The summed E-state index contributed by atoms with van der Waals surface area (Å²) in [5.74, 6) is 0.379. The number of para-hydroxylation sites is 1. The van der Waals surface area contributed by atoms with Crippen molar-refractivity contribution in [2.75, 3.05) is 17.7 Å². The molecule has 154 valence electrons. The summed E-state index contributed by atoms with van der Waals surface area (Å²) in [6.07, 6.45) is 1.42. The van der Waals surface area contributed by atoms with Crippen molar-refractivity contribution in [3.05, 3.63) is 59.0 Å². The molecule has 2 amide bonds. The predicted molar refractivity (Wildman–Crippen MR) is 119 cm³/mol. The van der Waals surface area contributed by atoms with Crippen molar-refractivity contribution in [2.24, 2.45) is 5.92 Å². The third-order valence-electron chi connectivity index (χ3n) is 5.21. The number of ether oxygens (including phenoxy) is 1. The highest BCUT2D eigenvalue weighted by atomic mass is 32.1. The highest BCUT2D eigenvalue weighted by molar-refractivity contribution is 7.14. The Labute approximate surface area is 179 Å². The molecule has 7 heteroatoms. The van der Waals surface area contributed by atoms with Crippen LogP contribution in [0.25, 0.3) is 11.3 Å². The first-order chi connectivity index (χ1) is 14.5. The topological polar surface area (TPSA) is 80.3 Å². The average Bonchev–Trinajstić information content (AvgIpc) is 3.20. The van der Waals surface area contributed by atoms with E-state index in [-0.39, 0.29) is 24.2 Å². The molecule has 2 N–H and O–H groups in total. The van der Waals surface area contributed by atoms with E-state index in [0.717, 1.165) is 33.8 Å². The van der Waals surface area contributed by atoms with Gasteiger partial charge in [0, 0.05) is 29.0 Å². The van der Waals surface area contributed by atoms with Crippen molar-refractivity contribution in [1.82, 2.24) is 4.98 Å². The minimum atomic E-state index is -0.200. The van der Waals surface area contributed by atoms with Crippen LogP contribution in [0.5, 0.6) is 5.75 Å². The molecule has 0 spiro atoms. The van der Waals surface area contributed by atoms with E-state index in [1.54, 1.807) is 7.11 Å². The number of thiazole rings is 1. The van der Waals surface area contributed by atoms with Gasteiger partial charge < -0.3 is 15.4 Å². The molecule has 0 saturated heterocycles. The number of methoxy groups -OCH3 is 1. The largest absolute Gasteiger partial charge is 0.496 e. The van der Waals surface area contributed by atoms with Gasteiger partial charge in [0.25, 0.3) is 0 Å². The maximum Gasteiger partial charge on any atom is 0.227 e. The Morgan fingerprint density at radius 1 is 1.30 bits per heavy atom. The standard InChI is InChI=1S/C23H23N3O3S/c1-14-7-9-20(29-2)17(11-14)19-13-30-23(25-19)26-21(27)10-8-16-12-15-5-3-4-6-18(15)24-22(16)28/h3-7,9,11,13,16H,8,10,12H2,1-2H3,(H,24,28)(H,25,26,27). The summed E-state index contributed by atoms with van der Waals surface area (Å²) in [7, 11) is 1.63. The molecule has 4 rings (SSSR count). The number of fused-ring (bicyclic) bond motifs is 1. The molecule has 2 heterocycles. The zero-order valence-corrected chi connectivity index (χ0v) is 17.7. The number of aryl methyl sites for hydroxylation is 1. The van der Waals surface area contributed by atoms with E-state index in [9.17, 15) is 9.59 Å². The monoisotopic (exact) mass is 421 g/mol. The highest BCUT2D eigenvalue weighted by Crippen LogP contribution is 2.33. The van der Waals surface area contributed by atoms with Gasteiger partial charge in [-0.1, -0.05) is 29.8 Å². The lowest BCUT2D eigenvalue weighted by Gasteiger charge is -2.24. The fourth-order valence-electron chi connectivity index (χ4n) is 3.61. The first-order valence-electron chi connectivity index (χ1n) is 9.82. The lowest BCUT2D eigenvalue weighted by molar-refractivity contribution is -0.121. The molecule has 1 atom stereocenters. The molecular weight excluding hydrogens is 398 g/mol. The Morgan fingerprint density at radius 3 is 2.97 bits per heavy atom. The van der Waals surface area contributed by atoms with Gasteiger partial charge in [0.1, 0.15) is 5.75 Å². The maximum atomic E-state index is 12.4. The molecule has 3 aromatic rings. The second-order valence-corrected chi connectivity index (χ2v) is 8.23. The fourth-order valence-corrected chi connectivity index (χ4v) is 4.34. The number of hydrogen-bond donors (Lipinski definition) is 2.